The predicted molar refractivity (Wildman–Crippen MR) is 89.2 cm³/mol. The van der Waals surface area contributed by atoms with E-state index in [1.165, 1.54) is 25.3 Å². The normalized spacial score (nSPS) is 16.6. The highest BCUT2D eigenvalue weighted by molar-refractivity contribution is 7.89. The van der Waals surface area contributed by atoms with Gasteiger partial charge in [-0.05, 0) is 31.0 Å². The van der Waals surface area contributed by atoms with Crippen LogP contribution < -0.4 is 15.6 Å². The zero-order valence-electron chi connectivity index (χ0n) is 13.1. The molecule has 1 saturated carbocycles. The minimum absolute atomic E-state index is 0. The van der Waals surface area contributed by atoms with Gasteiger partial charge in [0.25, 0.3) is 5.89 Å². The SMILES string of the molecule is COc1ccc(S(N)(=O)=O)cc1-c1nc(C2(N)CCCC2)no1.Cl. The van der Waals surface area contributed by atoms with Crippen molar-refractivity contribution in [3.8, 4) is 17.2 Å². The van der Waals surface area contributed by atoms with Crippen molar-refractivity contribution in [2.75, 3.05) is 7.11 Å². The lowest BCUT2D eigenvalue weighted by Gasteiger charge is -2.17. The van der Waals surface area contributed by atoms with Gasteiger partial charge in [0.15, 0.2) is 5.82 Å². The number of sulfonamides is 1. The Morgan fingerprint density at radius 1 is 1.29 bits per heavy atom. The second-order valence-electron chi connectivity index (χ2n) is 5.69. The standard InChI is InChI=1S/C14H18N4O4S.ClH/c1-21-11-5-4-9(23(16,19)20)8-10(11)12-17-13(18-22-12)14(15)6-2-3-7-14;/h4-5,8H,2-3,6-7,15H2,1H3,(H2,16,19,20);1H. The first-order chi connectivity index (χ1) is 10.8. The molecule has 1 heterocycles. The first-order valence-corrected chi connectivity index (χ1v) is 8.72. The van der Waals surface area contributed by atoms with Crippen molar-refractivity contribution in [3.05, 3.63) is 24.0 Å². The Morgan fingerprint density at radius 2 is 1.96 bits per heavy atom. The Bertz CT molecular complexity index is 831. The molecule has 1 aliphatic carbocycles. The van der Waals surface area contributed by atoms with E-state index in [1.54, 1.807) is 0 Å². The van der Waals surface area contributed by atoms with E-state index in [4.69, 9.17) is 20.1 Å². The third-order valence-electron chi connectivity index (χ3n) is 4.10. The van der Waals surface area contributed by atoms with Crippen molar-refractivity contribution in [1.29, 1.82) is 0 Å². The summed E-state index contributed by atoms with van der Waals surface area (Å²) in [6.45, 7) is 0. The Morgan fingerprint density at radius 3 is 2.54 bits per heavy atom. The summed E-state index contributed by atoms with van der Waals surface area (Å²) >= 11 is 0. The van der Waals surface area contributed by atoms with Crippen molar-refractivity contribution in [3.63, 3.8) is 0 Å². The first kappa shape index (κ1) is 18.7. The lowest BCUT2D eigenvalue weighted by Crippen LogP contribution is -2.34. The molecule has 8 nitrogen and oxygen atoms in total. The quantitative estimate of drug-likeness (QED) is 0.828. The van der Waals surface area contributed by atoms with Crippen LogP contribution in [0.5, 0.6) is 5.75 Å². The number of aromatic nitrogens is 2. The molecule has 4 N–H and O–H groups in total. The van der Waals surface area contributed by atoms with Crippen LogP contribution in [0.15, 0.2) is 27.6 Å². The maximum absolute atomic E-state index is 11.5. The monoisotopic (exact) mass is 374 g/mol. The zero-order valence-corrected chi connectivity index (χ0v) is 14.7. The molecule has 1 fully saturated rings. The van der Waals surface area contributed by atoms with Crippen LogP contribution >= 0.6 is 12.4 Å². The zero-order chi connectivity index (χ0) is 16.7. The Balaban J connectivity index is 0.00000208. The fourth-order valence-electron chi connectivity index (χ4n) is 2.80. The highest BCUT2D eigenvalue weighted by Gasteiger charge is 2.36. The van der Waals surface area contributed by atoms with Crippen LogP contribution in [0.4, 0.5) is 0 Å². The lowest BCUT2D eigenvalue weighted by molar-refractivity contribution is 0.370. The number of halogens is 1. The van der Waals surface area contributed by atoms with Crippen LogP contribution in [0, 0.1) is 0 Å². The largest absolute Gasteiger partial charge is 0.496 e. The van der Waals surface area contributed by atoms with Gasteiger partial charge in [-0.3, -0.25) is 0 Å². The molecule has 10 heteroatoms. The van der Waals surface area contributed by atoms with Crippen LogP contribution in [0.3, 0.4) is 0 Å². The van der Waals surface area contributed by atoms with Crippen molar-refractivity contribution in [2.45, 2.75) is 36.1 Å². The molecule has 0 saturated heterocycles. The van der Waals surface area contributed by atoms with Gasteiger partial charge in [0.2, 0.25) is 10.0 Å². The average Bonchev–Trinajstić information content (AvgIpc) is 3.15. The smallest absolute Gasteiger partial charge is 0.261 e. The van der Waals surface area contributed by atoms with Crippen LogP contribution in [0.1, 0.15) is 31.5 Å². The highest BCUT2D eigenvalue weighted by Crippen LogP contribution is 2.37. The van der Waals surface area contributed by atoms with E-state index in [0.717, 1.165) is 25.7 Å². The van der Waals surface area contributed by atoms with E-state index in [2.05, 4.69) is 10.1 Å². The number of hydrogen-bond acceptors (Lipinski definition) is 7. The summed E-state index contributed by atoms with van der Waals surface area (Å²) in [5.74, 6) is 0.984. The third-order valence-corrected chi connectivity index (χ3v) is 5.01. The van der Waals surface area contributed by atoms with Gasteiger partial charge in [0.1, 0.15) is 5.75 Å². The molecular formula is C14H19ClN4O4S. The molecule has 2 aromatic rings. The van der Waals surface area contributed by atoms with E-state index < -0.39 is 15.6 Å². The number of benzene rings is 1. The third kappa shape index (κ3) is 3.39. The molecule has 0 spiro atoms. The number of ether oxygens (including phenoxy) is 1. The van der Waals surface area contributed by atoms with Gasteiger partial charge in [0.05, 0.1) is 23.1 Å². The van der Waals surface area contributed by atoms with Gasteiger partial charge in [-0.2, -0.15) is 4.98 Å². The molecule has 0 radical (unpaired) electrons. The number of hydrogen-bond donors (Lipinski definition) is 2. The molecule has 24 heavy (non-hydrogen) atoms. The number of methoxy groups -OCH3 is 1. The van der Waals surface area contributed by atoms with E-state index in [9.17, 15) is 8.42 Å². The van der Waals surface area contributed by atoms with E-state index >= 15 is 0 Å². The van der Waals surface area contributed by atoms with Crippen LogP contribution in [0.25, 0.3) is 11.5 Å². The summed E-state index contributed by atoms with van der Waals surface area (Å²) in [5, 5.41) is 9.13. The fraction of sp³-hybridized carbons (Fsp3) is 0.429. The van der Waals surface area contributed by atoms with Gasteiger partial charge in [0, 0.05) is 0 Å². The van der Waals surface area contributed by atoms with Gasteiger partial charge in [-0.15, -0.1) is 12.4 Å². The van der Waals surface area contributed by atoms with Gasteiger partial charge in [-0.1, -0.05) is 18.0 Å². The van der Waals surface area contributed by atoms with Crippen LogP contribution in [-0.2, 0) is 15.6 Å². The Labute approximate surface area is 146 Å². The molecule has 0 amide bonds. The van der Waals surface area contributed by atoms with Gasteiger partial charge in [-0.25, -0.2) is 13.6 Å². The molecule has 0 bridgehead atoms. The van der Waals surface area contributed by atoms with E-state index in [-0.39, 0.29) is 23.2 Å². The van der Waals surface area contributed by atoms with Crippen LogP contribution in [-0.4, -0.2) is 25.7 Å². The second-order valence-corrected chi connectivity index (χ2v) is 7.25. The average molecular weight is 375 g/mol. The Kier molecular flexibility index (Phi) is 5.19. The summed E-state index contributed by atoms with van der Waals surface area (Å²) in [5.41, 5.74) is 6.08. The van der Waals surface area contributed by atoms with Crippen LogP contribution in [0.2, 0.25) is 0 Å². The molecule has 0 unspecified atom stereocenters. The maximum atomic E-state index is 11.5. The van der Waals surface area contributed by atoms with Gasteiger partial charge >= 0.3 is 0 Å². The number of primary sulfonamides is 1. The maximum Gasteiger partial charge on any atom is 0.261 e. The molecule has 132 valence electrons. The summed E-state index contributed by atoms with van der Waals surface area (Å²) in [4.78, 5) is 4.29. The second kappa shape index (κ2) is 6.67. The Hall–Kier alpha value is -1.68. The molecule has 1 aromatic heterocycles. The summed E-state index contributed by atoms with van der Waals surface area (Å²) < 4.78 is 33.6. The van der Waals surface area contributed by atoms with Crippen molar-refractivity contribution < 1.29 is 17.7 Å². The lowest BCUT2D eigenvalue weighted by atomic mass is 9.99. The highest BCUT2D eigenvalue weighted by atomic mass is 35.5. The molecule has 3 rings (SSSR count). The first-order valence-electron chi connectivity index (χ1n) is 7.18. The van der Waals surface area contributed by atoms with E-state index in [1.807, 2.05) is 0 Å². The van der Waals surface area contributed by atoms with Crippen molar-refractivity contribution in [2.24, 2.45) is 10.9 Å². The van der Waals surface area contributed by atoms with Gasteiger partial charge < -0.3 is 15.0 Å². The summed E-state index contributed by atoms with van der Waals surface area (Å²) in [6.07, 6.45) is 3.62. The predicted octanol–water partition coefficient (Wildman–Crippen LogP) is 1.54. The number of nitrogens with zero attached hydrogens (tertiary/aromatic N) is 2. The topological polar surface area (TPSA) is 134 Å². The number of rotatable bonds is 4. The van der Waals surface area contributed by atoms with E-state index in [0.29, 0.717) is 17.1 Å². The minimum Gasteiger partial charge on any atom is -0.496 e. The molecule has 1 aromatic carbocycles. The minimum atomic E-state index is -3.85. The van der Waals surface area contributed by atoms with Crippen molar-refractivity contribution in [1.82, 2.24) is 10.1 Å². The van der Waals surface area contributed by atoms with Crippen molar-refractivity contribution >= 4 is 22.4 Å². The summed E-state index contributed by atoms with van der Waals surface area (Å²) in [7, 11) is -2.38. The number of nitrogens with two attached hydrogens (primary N) is 2. The molecule has 0 aliphatic heterocycles. The molecule has 0 atom stereocenters. The fourth-order valence-corrected chi connectivity index (χ4v) is 3.34. The molecule has 1 aliphatic rings. The molecular weight excluding hydrogens is 356 g/mol. The summed E-state index contributed by atoms with van der Waals surface area (Å²) in [6, 6.07) is 4.20.